The number of anilines is 2. The highest BCUT2D eigenvalue weighted by Gasteiger charge is 2.12. The third-order valence-corrected chi connectivity index (χ3v) is 5.32. The number of hydrogen-bond acceptors (Lipinski definition) is 7. The molecule has 1 amide bonds. The lowest BCUT2D eigenvalue weighted by Gasteiger charge is -2.13. The summed E-state index contributed by atoms with van der Waals surface area (Å²) in [5.41, 5.74) is 9.44. The molecule has 0 saturated carbocycles. The fraction of sp³-hybridized carbons (Fsp3) is 0.179. The Balaban J connectivity index is 1.75. The van der Waals surface area contributed by atoms with Gasteiger partial charge in [-0.3, -0.25) is 4.79 Å². The molecule has 0 aliphatic rings. The molecule has 0 aliphatic carbocycles. The van der Waals surface area contributed by atoms with E-state index in [1.54, 1.807) is 65.9 Å². The number of carbonyl (C=O) groups excluding carboxylic acids is 1. The van der Waals surface area contributed by atoms with Crippen molar-refractivity contribution in [1.29, 1.82) is 0 Å². The van der Waals surface area contributed by atoms with Gasteiger partial charge >= 0.3 is 0 Å². The molecule has 3 aromatic rings. The van der Waals surface area contributed by atoms with Crippen molar-refractivity contribution in [2.75, 3.05) is 46.6 Å². The Hall–Kier alpha value is -4.59. The highest BCUT2D eigenvalue weighted by molar-refractivity contribution is 6.03. The Morgan fingerprint density at radius 1 is 0.667 bits per heavy atom. The summed E-state index contributed by atoms with van der Waals surface area (Å²) in [6.07, 6.45) is 6.95. The number of nitrogens with two attached hydrogens (primary N) is 1. The number of nitrogens with one attached hydrogen (secondary N) is 1. The summed E-state index contributed by atoms with van der Waals surface area (Å²) in [5, 5.41) is 2.84. The van der Waals surface area contributed by atoms with Gasteiger partial charge in [0.25, 0.3) is 0 Å². The SMILES string of the molecule is COc1cc(/C=C/C(=O)Nc2ccc(C=Cc3cc(OC)c(OC)c(OC)c3)cc2OC)ccc1N. The topological polar surface area (TPSA) is 101 Å². The standard InChI is InChI=1S/C28H30N2O6/c1-32-23-14-19(8-11-21(23)29)10-13-27(31)30-22-12-9-18(15-24(22)33-2)6-7-20-16-25(34-3)28(36-5)26(17-20)35-4/h6-17H,29H2,1-5H3,(H,30,31)/b7-6?,13-10+. The summed E-state index contributed by atoms with van der Waals surface area (Å²) < 4.78 is 26.9. The number of benzene rings is 3. The predicted octanol–water partition coefficient (Wildman–Crippen LogP) is 5.13. The molecule has 188 valence electrons. The molecule has 0 heterocycles. The van der Waals surface area contributed by atoms with Crippen LogP contribution in [0.4, 0.5) is 11.4 Å². The van der Waals surface area contributed by atoms with Crippen LogP contribution in [0.5, 0.6) is 28.7 Å². The first-order valence-corrected chi connectivity index (χ1v) is 11.0. The molecule has 3 N–H and O–H groups in total. The molecule has 3 aromatic carbocycles. The summed E-state index contributed by atoms with van der Waals surface area (Å²) in [7, 11) is 7.80. The largest absolute Gasteiger partial charge is 0.495 e. The Bertz CT molecular complexity index is 1260. The number of ether oxygens (including phenoxy) is 5. The van der Waals surface area contributed by atoms with Gasteiger partial charge in [0.2, 0.25) is 11.7 Å². The first-order valence-electron chi connectivity index (χ1n) is 11.0. The minimum Gasteiger partial charge on any atom is -0.495 e. The lowest BCUT2D eigenvalue weighted by Crippen LogP contribution is -2.09. The quantitative estimate of drug-likeness (QED) is 0.231. The zero-order valence-electron chi connectivity index (χ0n) is 21.0. The van der Waals surface area contributed by atoms with E-state index in [9.17, 15) is 4.79 Å². The van der Waals surface area contributed by atoms with Gasteiger partial charge in [-0.25, -0.2) is 0 Å². The van der Waals surface area contributed by atoms with Crippen molar-refractivity contribution < 1.29 is 28.5 Å². The molecule has 0 radical (unpaired) electrons. The van der Waals surface area contributed by atoms with Gasteiger partial charge in [-0.2, -0.15) is 0 Å². The van der Waals surface area contributed by atoms with Gasteiger partial charge < -0.3 is 34.7 Å². The molecule has 0 unspecified atom stereocenters. The molecule has 3 rings (SSSR count). The fourth-order valence-corrected chi connectivity index (χ4v) is 3.48. The van der Waals surface area contributed by atoms with E-state index in [1.165, 1.54) is 6.08 Å². The van der Waals surface area contributed by atoms with E-state index in [2.05, 4.69) is 5.32 Å². The third kappa shape index (κ3) is 6.29. The Morgan fingerprint density at radius 2 is 1.19 bits per heavy atom. The first-order chi connectivity index (χ1) is 17.4. The normalized spacial score (nSPS) is 10.9. The Kier molecular flexibility index (Phi) is 8.83. The van der Waals surface area contributed by atoms with Crippen molar-refractivity contribution in [3.63, 3.8) is 0 Å². The number of methoxy groups -OCH3 is 5. The van der Waals surface area contributed by atoms with Crippen LogP contribution in [0.1, 0.15) is 16.7 Å². The van der Waals surface area contributed by atoms with Crippen molar-refractivity contribution in [2.45, 2.75) is 0 Å². The number of carbonyl (C=O) groups is 1. The molecule has 0 fully saturated rings. The maximum atomic E-state index is 12.5. The number of hydrogen-bond donors (Lipinski definition) is 2. The lowest BCUT2D eigenvalue weighted by molar-refractivity contribution is -0.111. The molecule has 0 aliphatic heterocycles. The third-order valence-electron chi connectivity index (χ3n) is 5.32. The monoisotopic (exact) mass is 490 g/mol. The van der Waals surface area contributed by atoms with Gasteiger partial charge in [-0.05, 0) is 59.2 Å². The summed E-state index contributed by atoms with van der Waals surface area (Å²) >= 11 is 0. The molecule has 0 bridgehead atoms. The predicted molar refractivity (Wildman–Crippen MR) is 143 cm³/mol. The van der Waals surface area contributed by atoms with E-state index in [0.717, 1.165) is 16.7 Å². The molecular weight excluding hydrogens is 460 g/mol. The summed E-state index contributed by atoms with van der Waals surface area (Å²) in [6, 6.07) is 14.5. The van der Waals surface area contributed by atoms with Crippen LogP contribution in [0.2, 0.25) is 0 Å². The zero-order chi connectivity index (χ0) is 26.1. The second-order valence-corrected chi connectivity index (χ2v) is 7.58. The minimum atomic E-state index is -0.301. The van der Waals surface area contributed by atoms with Crippen LogP contribution in [0, 0.1) is 0 Å². The smallest absolute Gasteiger partial charge is 0.248 e. The molecule has 36 heavy (non-hydrogen) atoms. The summed E-state index contributed by atoms with van der Waals surface area (Å²) in [5.74, 6) is 2.44. The van der Waals surface area contributed by atoms with Crippen molar-refractivity contribution in [3.05, 3.63) is 71.3 Å². The highest BCUT2D eigenvalue weighted by Crippen LogP contribution is 2.38. The Morgan fingerprint density at radius 3 is 1.81 bits per heavy atom. The second-order valence-electron chi connectivity index (χ2n) is 7.58. The number of nitrogen functional groups attached to an aromatic ring is 1. The second kappa shape index (κ2) is 12.2. The van der Waals surface area contributed by atoms with Crippen molar-refractivity contribution >= 4 is 35.5 Å². The molecule has 0 atom stereocenters. The van der Waals surface area contributed by atoms with Gasteiger partial charge in [0, 0.05) is 6.08 Å². The van der Waals surface area contributed by atoms with Crippen LogP contribution in [-0.2, 0) is 4.79 Å². The van der Waals surface area contributed by atoms with Gasteiger partial charge in [-0.1, -0.05) is 24.3 Å². The van der Waals surface area contributed by atoms with E-state index in [0.29, 0.717) is 40.1 Å². The maximum absolute atomic E-state index is 12.5. The van der Waals surface area contributed by atoms with E-state index in [1.807, 2.05) is 36.4 Å². The van der Waals surface area contributed by atoms with Crippen molar-refractivity contribution in [2.24, 2.45) is 0 Å². The molecule has 0 aromatic heterocycles. The fourth-order valence-electron chi connectivity index (χ4n) is 3.48. The average molecular weight is 491 g/mol. The molecular formula is C28H30N2O6. The van der Waals surface area contributed by atoms with Gasteiger partial charge in [0.1, 0.15) is 11.5 Å². The van der Waals surface area contributed by atoms with Gasteiger partial charge in [-0.15, -0.1) is 0 Å². The Labute approximate surface area is 210 Å². The number of rotatable bonds is 10. The van der Waals surface area contributed by atoms with Crippen LogP contribution in [-0.4, -0.2) is 41.5 Å². The van der Waals surface area contributed by atoms with Gasteiger partial charge in [0.05, 0.1) is 46.9 Å². The molecule has 0 saturated heterocycles. The van der Waals surface area contributed by atoms with Crippen LogP contribution in [0.15, 0.2) is 54.6 Å². The molecule has 8 nitrogen and oxygen atoms in total. The molecule has 0 spiro atoms. The van der Waals surface area contributed by atoms with E-state index in [-0.39, 0.29) is 5.91 Å². The lowest BCUT2D eigenvalue weighted by atomic mass is 10.1. The highest BCUT2D eigenvalue weighted by atomic mass is 16.5. The average Bonchev–Trinajstić information content (AvgIpc) is 2.91. The van der Waals surface area contributed by atoms with E-state index < -0.39 is 0 Å². The van der Waals surface area contributed by atoms with Crippen LogP contribution in [0.3, 0.4) is 0 Å². The summed E-state index contributed by atoms with van der Waals surface area (Å²) in [4.78, 5) is 12.5. The van der Waals surface area contributed by atoms with Crippen LogP contribution < -0.4 is 34.7 Å². The summed E-state index contributed by atoms with van der Waals surface area (Å²) in [6.45, 7) is 0. The minimum absolute atomic E-state index is 0.301. The van der Waals surface area contributed by atoms with Crippen molar-refractivity contribution in [1.82, 2.24) is 0 Å². The number of amides is 1. The molecule has 8 heteroatoms. The zero-order valence-corrected chi connectivity index (χ0v) is 21.0. The van der Waals surface area contributed by atoms with Crippen LogP contribution >= 0.6 is 0 Å². The van der Waals surface area contributed by atoms with Crippen molar-refractivity contribution in [3.8, 4) is 28.7 Å². The van der Waals surface area contributed by atoms with E-state index in [4.69, 9.17) is 29.4 Å². The van der Waals surface area contributed by atoms with E-state index >= 15 is 0 Å². The first kappa shape index (κ1) is 26.0. The van der Waals surface area contributed by atoms with Crippen LogP contribution in [0.25, 0.3) is 18.2 Å². The maximum Gasteiger partial charge on any atom is 0.248 e. The van der Waals surface area contributed by atoms with Gasteiger partial charge in [0.15, 0.2) is 11.5 Å².